The van der Waals surface area contributed by atoms with Gasteiger partial charge in [0.2, 0.25) is 5.91 Å². The lowest BCUT2D eigenvalue weighted by atomic mass is 9.96. The number of amides is 1. The first-order valence-corrected chi connectivity index (χ1v) is 13.1. The zero-order chi connectivity index (χ0) is 27.6. The molecule has 1 saturated heterocycles. The molecule has 0 saturated carbocycles. The Kier molecular flexibility index (Phi) is 6.77. The fourth-order valence-corrected chi connectivity index (χ4v) is 5.00. The van der Waals surface area contributed by atoms with E-state index >= 15 is 4.39 Å². The van der Waals surface area contributed by atoms with E-state index in [2.05, 4.69) is 31.9 Å². The minimum atomic E-state index is -0.459. The molecule has 40 heavy (non-hydrogen) atoms. The van der Waals surface area contributed by atoms with Crippen LogP contribution in [0.2, 0.25) is 0 Å². The van der Waals surface area contributed by atoms with Gasteiger partial charge in [-0.1, -0.05) is 6.58 Å². The van der Waals surface area contributed by atoms with E-state index in [1.54, 1.807) is 41.9 Å². The Morgan fingerprint density at radius 3 is 2.90 bits per heavy atom. The van der Waals surface area contributed by atoms with Crippen molar-refractivity contribution in [2.75, 3.05) is 18.4 Å². The number of halogens is 1. The maximum atomic E-state index is 15.5. The number of benzene rings is 1. The van der Waals surface area contributed by atoms with Crippen molar-refractivity contribution >= 4 is 34.1 Å². The molecule has 1 atom stereocenters. The summed E-state index contributed by atoms with van der Waals surface area (Å²) in [5.74, 6) is 1.01. The van der Waals surface area contributed by atoms with E-state index in [1.807, 2.05) is 17.0 Å². The van der Waals surface area contributed by atoms with Gasteiger partial charge in [-0.2, -0.15) is 5.10 Å². The van der Waals surface area contributed by atoms with Crippen LogP contribution >= 0.6 is 0 Å². The molecular weight excluding hydrogens is 511 g/mol. The largest absolute Gasteiger partial charge is 0.457 e. The van der Waals surface area contributed by atoms with Gasteiger partial charge in [0.1, 0.15) is 29.7 Å². The summed E-state index contributed by atoms with van der Waals surface area (Å²) in [7, 11) is 0. The van der Waals surface area contributed by atoms with Crippen molar-refractivity contribution in [3.05, 3.63) is 85.0 Å². The molecule has 1 aliphatic heterocycles. The standard InChI is InChI=1S/C29H27FN8O2/c1-3-26(39)37-12-4-5-19(10-13-37)21-6-7-23-28(35-21)29(33-16-31-23)36-22-8-9-24(18(2)27(22)30)40-20-11-14-38-25(15-20)32-17-34-38/h3,6-9,11,14-17,19H,1,4-5,10,12-13H2,2H3,(H,31,33,36)/t19-/m0/s1. The van der Waals surface area contributed by atoms with Crippen LogP contribution in [0.3, 0.4) is 0 Å². The highest BCUT2D eigenvalue weighted by Gasteiger charge is 2.22. The third-order valence-electron chi connectivity index (χ3n) is 7.21. The lowest BCUT2D eigenvalue weighted by Gasteiger charge is -2.18. The number of likely N-dealkylation sites (tertiary alicyclic amines) is 1. The van der Waals surface area contributed by atoms with Crippen LogP contribution in [0.25, 0.3) is 16.7 Å². The number of nitrogens with one attached hydrogen (secondary N) is 1. The first-order chi connectivity index (χ1) is 19.5. The molecule has 1 N–H and O–H groups in total. The topological polar surface area (TPSA) is 110 Å². The van der Waals surface area contributed by atoms with E-state index in [1.165, 1.54) is 18.7 Å². The monoisotopic (exact) mass is 538 g/mol. The fourth-order valence-electron chi connectivity index (χ4n) is 5.00. The summed E-state index contributed by atoms with van der Waals surface area (Å²) in [4.78, 5) is 31.7. The number of carbonyl (C=O) groups is 1. The van der Waals surface area contributed by atoms with E-state index in [-0.39, 0.29) is 17.5 Å². The second-order valence-corrected chi connectivity index (χ2v) is 9.69. The van der Waals surface area contributed by atoms with Crippen LogP contribution < -0.4 is 10.1 Å². The Labute approximate surface area is 229 Å². The number of nitrogens with zero attached hydrogens (tertiary/aromatic N) is 7. The van der Waals surface area contributed by atoms with Crippen LogP contribution in [-0.4, -0.2) is 53.4 Å². The van der Waals surface area contributed by atoms with Gasteiger partial charge >= 0.3 is 0 Å². The van der Waals surface area contributed by atoms with Gasteiger partial charge in [0.25, 0.3) is 0 Å². The quantitative estimate of drug-likeness (QED) is 0.289. The molecule has 0 aliphatic carbocycles. The Balaban J connectivity index is 1.25. The van der Waals surface area contributed by atoms with E-state index in [0.717, 1.165) is 25.0 Å². The van der Waals surface area contributed by atoms with Gasteiger partial charge in [0.15, 0.2) is 17.3 Å². The molecule has 0 bridgehead atoms. The number of fused-ring (bicyclic) bond motifs is 2. The lowest BCUT2D eigenvalue weighted by molar-refractivity contribution is -0.125. The van der Waals surface area contributed by atoms with Crippen LogP contribution in [0.4, 0.5) is 15.9 Å². The average molecular weight is 539 g/mol. The number of carbonyl (C=O) groups excluding carboxylic acids is 1. The zero-order valence-electron chi connectivity index (χ0n) is 21.9. The van der Waals surface area contributed by atoms with E-state index in [0.29, 0.717) is 52.7 Å². The minimum absolute atomic E-state index is 0.0443. The molecule has 202 valence electrons. The van der Waals surface area contributed by atoms with Gasteiger partial charge < -0.3 is 15.0 Å². The summed E-state index contributed by atoms with van der Waals surface area (Å²) in [6.45, 7) is 6.62. The average Bonchev–Trinajstić information content (AvgIpc) is 3.31. The molecule has 4 aromatic heterocycles. The summed E-state index contributed by atoms with van der Waals surface area (Å²) in [5, 5.41) is 7.18. The second-order valence-electron chi connectivity index (χ2n) is 9.69. The van der Waals surface area contributed by atoms with Crippen molar-refractivity contribution in [1.82, 2.24) is 34.4 Å². The Bertz CT molecular complexity index is 1740. The minimum Gasteiger partial charge on any atom is -0.457 e. The molecular formula is C29H27FN8O2. The van der Waals surface area contributed by atoms with Crippen molar-refractivity contribution < 1.29 is 13.9 Å². The Morgan fingerprint density at radius 2 is 2.02 bits per heavy atom. The van der Waals surface area contributed by atoms with Crippen molar-refractivity contribution in [2.45, 2.75) is 32.1 Å². The second kappa shape index (κ2) is 10.7. The van der Waals surface area contributed by atoms with Crippen LogP contribution in [0, 0.1) is 12.7 Å². The molecule has 1 aliphatic rings. The molecule has 1 aromatic carbocycles. The molecule has 6 rings (SSSR count). The summed E-state index contributed by atoms with van der Waals surface area (Å²) >= 11 is 0. The van der Waals surface area contributed by atoms with Gasteiger partial charge in [-0.15, -0.1) is 0 Å². The molecule has 1 amide bonds. The summed E-state index contributed by atoms with van der Waals surface area (Å²) in [6.07, 6.45) is 8.57. The molecule has 0 radical (unpaired) electrons. The highest BCUT2D eigenvalue weighted by Crippen LogP contribution is 2.34. The third-order valence-corrected chi connectivity index (χ3v) is 7.21. The summed E-state index contributed by atoms with van der Waals surface area (Å²) < 4.78 is 23.1. The van der Waals surface area contributed by atoms with E-state index in [4.69, 9.17) is 9.72 Å². The predicted octanol–water partition coefficient (Wildman–Crippen LogP) is 5.33. The normalized spacial score (nSPS) is 15.7. The van der Waals surface area contributed by atoms with Crippen molar-refractivity contribution in [3.8, 4) is 11.5 Å². The van der Waals surface area contributed by atoms with Gasteiger partial charge in [0, 0.05) is 42.5 Å². The van der Waals surface area contributed by atoms with Gasteiger partial charge in [0.05, 0.1) is 11.2 Å². The van der Waals surface area contributed by atoms with Crippen molar-refractivity contribution in [3.63, 3.8) is 0 Å². The Hall–Kier alpha value is -4.93. The number of aromatic nitrogens is 6. The van der Waals surface area contributed by atoms with Crippen LogP contribution in [0.1, 0.15) is 36.4 Å². The first kappa shape index (κ1) is 25.4. The van der Waals surface area contributed by atoms with E-state index in [9.17, 15) is 4.79 Å². The molecule has 5 aromatic rings. The lowest BCUT2D eigenvalue weighted by Crippen LogP contribution is -2.30. The number of rotatable bonds is 6. The first-order valence-electron chi connectivity index (χ1n) is 13.1. The van der Waals surface area contributed by atoms with Gasteiger partial charge in [-0.25, -0.2) is 28.8 Å². The van der Waals surface area contributed by atoms with E-state index < -0.39 is 5.82 Å². The predicted molar refractivity (Wildman–Crippen MR) is 148 cm³/mol. The maximum absolute atomic E-state index is 15.5. The number of ether oxygens (including phenoxy) is 1. The molecule has 0 unspecified atom stereocenters. The smallest absolute Gasteiger partial charge is 0.245 e. The highest BCUT2D eigenvalue weighted by atomic mass is 19.1. The van der Waals surface area contributed by atoms with Gasteiger partial charge in [-0.3, -0.25) is 4.79 Å². The summed E-state index contributed by atoms with van der Waals surface area (Å²) in [6, 6.07) is 10.7. The van der Waals surface area contributed by atoms with Crippen molar-refractivity contribution in [2.24, 2.45) is 0 Å². The fraction of sp³-hybridized carbons (Fsp3) is 0.241. The number of pyridine rings is 2. The molecule has 10 nitrogen and oxygen atoms in total. The molecule has 11 heteroatoms. The molecule has 5 heterocycles. The highest BCUT2D eigenvalue weighted by molar-refractivity contribution is 5.87. The molecule has 0 spiro atoms. The molecule has 1 fully saturated rings. The summed E-state index contributed by atoms with van der Waals surface area (Å²) in [5.41, 5.74) is 3.33. The van der Waals surface area contributed by atoms with Crippen molar-refractivity contribution in [1.29, 1.82) is 0 Å². The SMILES string of the molecule is C=CC(=O)N1CCC[C@H](c2ccc3ncnc(Nc4ccc(Oc5ccn6ncnc6c5)c(C)c4F)c3n2)CC1. The number of hydrogen-bond acceptors (Lipinski definition) is 8. The van der Waals surface area contributed by atoms with Gasteiger partial charge in [-0.05, 0) is 62.6 Å². The van der Waals surface area contributed by atoms with Crippen LogP contribution in [-0.2, 0) is 4.79 Å². The maximum Gasteiger partial charge on any atom is 0.245 e. The number of anilines is 2. The van der Waals surface area contributed by atoms with Crippen LogP contribution in [0.15, 0.2) is 67.9 Å². The van der Waals surface area contributed by atoms with Crippen LogP contribution in [0.5, 0.6) is 11.5 Å². The Morgan fingerprint density at radius 1 is 1.12 bits per heavy atom. The zero-order valence-corrected chi connectivity index (χ0v) is 21.9. The third kappa shape index (κ3) is 4.93. The number of hydrogen-bond donors (Lipinski definition) is 1.